The molecule has 3 aromatic carbocycles. The van der Waals surface area contributed by atoms with E-state index >= 15 is 0 Å². The predicted octanol–water partition coefficient (Wildman–Crippen LogP) is 8.76. The summed E-state index contributed by atoms with van der Waals surface area (Å²) in [5.74, 6) is 0.0158. The minimum Gasteiger partial charge on any atom is -0.546 e. The van der Waals surface area contributed by atoms with Gasteiger partial charge in [0.05, 0.1) is 23.7 Å². The molecule has 3 aromatic rings. The molecular weight excluding hydrogens is 552 g/mol. The maximum Gasteiger partial charge on any atom is 0.338 e. The molecule has 1 aliphatic heterocycles. The van der Waals surface area contributed by atoms with Crippen LogP contribution in [0.2, 0.25) is 18.1 Å². The van der Waals surface area contributed by atoms with Gasteiger partial charge in [-0.05, 0) is 72.3 Å². The van der Waals surface area contributed by atoms with Crippen LogP contribution in [-0.2, 0) is 25.1 Å². The summed E-state index contributed by atoms with van der Waals surface area (Å²) in [6, 6.07) is 28.1. The van der Waals surface area contributed by atoms with Gasteiger partial charge in [0.2, 0.25) is 8.32 Å². The zero-order valence-electron chi connectivity index (χ0n) is 26.0. The molecule has 5 rings (SSSR count). The van der Waals surface area contributed by atoms with E-state index < -0.39 is 14.4 Å². The lowest BCUT2D eigenvalue weighted by Gasteiger charge is -2.40. The van der Waals surface area contributed by atoms with Gasteiger partial charge in [0, 0.05) is 12.3 Å². The Bertz CT molecular complexity index is 1420. The maximum absolute atomic E-state index is 13.5. The van der Waals surface area contributed by atoms with E-state index in [-0.39, 0.29) is 34.9 Å². The van der Waals surface area contributed by atoms with Gasteiger partial charge in [-0.1, -0.05) is 93.6 Å². The number of rotatable bonds is 10. The molecule has 1 saturated heterocycles. The molecule has 5 nitrogen and oxygen atoms in total. The molecule has 0 amide bonds. The lowest BCUT2D eigenvalue weighted by Crippen LogP contribution is -2.42. The van der Waals surface area contributed by atoms with E-state index in [2.05, 4.69) is 64.2 Å². The standard InChI is InChI=1S/C37H44O5Si/c1-37(2,3)43(4,5)42-31(19-13-12-16-26-14-8-6-9-15-26)35-30-24-34(38)40-32(30)25-33(35)41-36(39)29-22-20-28(21-23-29)27-17-10-7-11-18-27/h6-11,14-15,17-23,30,32-33,35H,12-13,16,24-25H2,1-5H3/b31-19+/t30-,32-,33?,35-/m0/s1. The first kappa shape index (κ1) is 30.8. The number of hydrogen-bond acceptors (Lipinski definition) is 5. The average molecular weight is 597 g/mol. The van der Waals surface area contributed by atoms with E-state index in [1.165, 1.54) is 5.56 Å². The molecule has 226 valence electrons. The molecular formula is C37H44O5Si. The quantitative estimate of drug-likeness (QED) is 0.101. The molecule has 0 spiro atoms. The fraction of sp³-hybridized carbons (Fsp3) is 0.405. The highest BCUT2D eigenvalue weighted by atomic mass is 28.4. The Morgan fingerprint density at radius 3 is 2.21 bits per heavy atom. The first-order valence-corrected chi connectivity index (χ1v) is 18.4. The summed E-state index contributed by atoms with van der Waals surface area (Å²) in [5, 5.41) is -0.0111. The van der Waals surface area contributed by atoms with Crippen molar-refractivity contribution in [2.75, 3.05) is 0 Å². The third-order valence-corrected chi connectivity index (χ3v) is 13.7. The van der Waals surface area contributed by atoms with Crippen LogP contribution in [0.5, 0.6) is 0 Å². The van der Waals surface area contributed by atoms with Gasteiger partial charge in [0.25, 0.3) is 0 Å². The van der Waals surface area contributed by atoms with Crippen molar-refractivity contribution >= 4 is 20.3 Å². The van der Waals surface area contributed by atoms with E-state index in [0.29, 0.717) is 18.4 Å². The maximum atomic E-state index is 13.5. The van der Waals surface area contributed by atoms with Crippen molar-refractivity contribution in [2.24, 2.45) is 11.8 Å². The minimum atomic E-state index is -2.23. The summed E-state index contributed by atoms with van der Waals surface area (Å²) in [5.41, 5.74) is 3.95. The Hall–Kier alpha value is -3.64. The first-order chi connectivity index (χ1) is 20.5. The highest BCUT2D eigenvalue weighted by Gasteiger charge is 2.55. The molecule has 1 aliphatic carbocycles. The molecule has 1 saturated carbocycles. The summed E-state index contributed by atoms with van der Waals surface area (Å²) in [6.45, 7) is 11.2. The molecule has 2 fully saturated rings. The van der Waals surface area contributed by atoms with E-state index in [0.717, 1.165) is 36.1 Å². The monoisotopic (exact) mass is 596 g/mol. The molecule has 1 heterocycles. The summed E-state index contributed by atoms with van der Waals surface area (Å²) in [4.78, 5) is 25.9. The number of carbonyl (C=O) groups is 2. The second-order valence-electron chi connectivity index (χ2n) is 13.4. The highest BCUT2D eigenvalue weighted by molar-refractivity contribution is 6.74. The van der Waals surface area contributed by atoms with Crippen molar-refractivity contribution in [3.8, 4) is 11.1 Å². The van der Waals surface area contributed by atoms with Crippen LogP contribution in [0, 0.1) is 11.8 Å². The molecule has 0 bridgehead atoms. The molecule has 4 atom stereocenters. The van der Waals surface area contributed by atoms with Crippen molar-refractivity contribution in [2.45, 2.75) is 83.2 Å². The van der Waals surface area contributed by atoms with Crippen LogP contribution in [0.15, 0.2) is 96.8 Å². The Morgan fingerprint density at radius 2 is 1.56 bits per heavy atom. The van der Waals surface area contributed by atoms with E-state index in [1.807, 2.05) is 60.7 Å². The van der Waals surface area contributed by atoms with Crippen LogP contribution in [-0.4, -0.2) is 32.5 Å². The van der Waals surface area contributed by atoms with Crippen molar-refractivity contribution in [3.63, 3.8) is 0 Å². The number of esters is 2. The second kappa shape index (κ2) is 12.9. The number of unbranched alkanes of at least 4 members (excludes halogenated alkanes) is 1. The Kier molecular flexibility index (Phi) is 9.26. The van der Waals surface area contributed by atoms with Gasteiger partial charge in [0.15, 0.2) is 0 Å². The second-order valence-corrected chi connectivity index (χ2v) is 18.1. The molecule has 0 N–H and O–H groups in total. The lowest BCUT2D eigenvalue weighted by molar-refractivity contribution is -0.141. The number of benzene rings is 3. The molecule has 0 aromatic heterocycles. The van der Waals surface area contributed by atoms with Crippen LogP contribution in [0.1, 0.15) is 62.4 Å². The van der Waals surface area contributed by atoms with Crippen molar-refractivity contribution in [1.29, 1.82) is 0 Å². The minimum absolute atomic E-state index is 0.0111. The largest absolute Gasteiger partial charge is 0.546 e. The number of ether oxygens (including phenoxy) is 2. The van der Waals surface area contributed by atoms with Crippen molar-refractivity contribution in [3.05, 3.63) is 108 Å². The van der Waals surface area contributed by atoms with Crippen molar-refractivity contribution < 1.29 is 23.5 Å². The van der Waals surface area contributed by atoms with Gasteiger partial charge in [0.1, 0.15) is 12.2 Å². The topological polar surface area (TPSA) is 61.8 Å². The van der Waals surface area contributed by atoms with Gasteiger partial charge in [-0.25, -0.2) is 4.79 Å². The first-order valence-electron chi connectivity index (χ1n) is 15.5. The van der Waals surface area contributed by atoms with E-state index in [9.17, 15) is 9.59 Å². The fourth-order valence-corrected chi connectivity index (χ4v) is 7.01. The summed E-state index contributed by atoms with van der Waals surface area (Å²) in [6.07, 6.45) is 5.08. The van der Waals surface area contributed by atoms with Gasteiger partial charge in [-0.15, -0.1) is 0 Å². The third kappa shape index (κ3) is 7.30. The van der Waals surface area contributed by atoms with Crippen molar-refractivity contribution in [1.82, 2.24) is 0 Å². The number of fused-ring (bicyclic) bond motifs is 1. The van der Waals surface area contributed by atoms with Gasteiger partial charge < -0.3 is 13.9 Å². The normalized spacial score (nSPS) is 22.2. The van der Waals surface area contributed by atoms with Crippen LogP contribution in [0.3, 0.4) is 0 Å². The van der Waals surface area contributed by atoms with Gasteiger partial charge in [-0.3, -0.25) is 4.79 Å². The van der Waals surface area contributed by atoms with Gasteiger partial charge >= 0.3 is 11.9 Å². The highest BCUT2D eigenvalue weighted by Crippen LogP contribution is 2.49. The van der Waals surface area contributed by atoms with E-state index in [4.69, 9.17) is 13.9 Å². The fourth-order valence-electron chi connectivity index (χ4n) is 5.90. The smallest absolute Gasteiger partial charge is 0.338 e. The Morgan fingerprint density at radius 1 is 0.930 bits per heavy atom. The molecule has 0 radical (unpaired) electrons. The zero-order chi connectivity index (χ0) is 30.6. The molecule has 43 heavy (non-hydrogen) atoms. The summed E-state index contributed by atoms with van der Waals surface area (Å²) in [7, 11) is -2.23. The third-order valence-electron chi connectivity index (χ3n) is 9.34. The zero-order valence-corrected chi connectivity index (χ0v) is 27.0. The van der Waals surface area contributed by atoms with Crippen LogP contribution < -0.4 is 0 Å². The number of carbonyl (C=O) groups excluding carboxylic acids is 2. The summed E-state index contributed by atoms with van der Waals surface area (Å²) >= 11 is 0. The van der Waals surface area contributed by atoms with E-state index in [1.54, 1.807) is 0 Å². The Labute approximate surface area is 257 Å². The number of aryl methyl sites for hydroxylation is 1. The summed E-state index contributed by atoms with van der Waals surface area (Å²) < 4.78 is 19.0. The van der Waals surface area contributed by atoms with Crippen LogP contribution in [0.25, 0.3) is 11.1 Å². The number of hydrogen-bond donors (Lipinski definition) is 0. The average Bonchev–Trinajstić information content (AvgIpc) is 3.50. The van der Waals surface area contributed by atoms with Crippen LogP contribution >= 0.6 is 0 Å². The molecule has 6 heteroatoms. The SMILES string of the molecule is CC(C)(C)[Si](C)(C)O/C(=C/CCCc1ccccc1)[C@H]1C(OC(=O)c2ccc(-c3ccccc3)cc2)C[C@@H]2OC(=O)C[C@@H]21. The molecule has 1 unspecified atom stereocenters. The predicted molar refractivity (Wildman–Crippen MR) is 173 cm³/mol. The Balaban J connectivity index is 1.38. The number of allylic oxidation sites excluding steroid dienone is 1. The lowest BCUT2D eigenvalue weighted by atomic mass is 9.89. The van der Waals surface area contributed by atoms with Gasteiger partial charge in [-0.2, -0.15) is 0 Å². The molecule has 2 aliphatic rings. The van der Waals surface area contributed by atoms with Crippen LogP contribution in [0.4, 0.5) is 0 Å².